The Kier molecular flexibility index (Phi) is 3.38. The van der Waals surface area contributed by atoms with Gasteiger partial charge in [-0.1, -0.05) is 0 Å². The molecule has 90 valence electrons. The minimum Gasteiger partial charge on any atom is -0.292 e. The molecule has 2 aromatic rings. The van der Waals surface area contributed by atoms with Crippen molar-refractivity contribution in [2.24, 2.45) is 0 Å². The highest BCUT2D eigenvalue weighted by Gasteiger charge is 2.15. The second-order valence-electron chi connectivity index (χ2n) is 3.97. The normalized spacial score (nSPS) is 10.8. The van der Waals surface area contributed by atoms with Crippen molar-refractivity contribution in [2.45, 2.75) is 33.7 Å². The molecule has 0 radical (unpaired) electrons. The highest BCUT2D eigenvalue weighted by atomic mass is 32.1. The lowest BCUT2D eigenvalue weighted by molar-refractivity contribution is 0.0982. The van der Waals surface area contributed by atoms with Crippen LogP contribution < -0.4 is 0 Å². The molecular formula is C12H15N3OS. The van der Waals surface area contributed by atoms with Crippen LogP contribution in [-0.2, 0) is 13.0 Å². The Balaban J connectivity index is 2.19. The average molecular weight is 249 g/mol. The fourth-order valence-electron chi connectivity index (χ4n) is 1.72. The first-order valence-corrected chi connectivity index (χ1v) is 6.46. The monoisotopic (exact) mass is 249 g/mol. The molecule has 2 rings (SSSR count). The van der Waals surface area contributed by atoms with E-state index in [0.717, 1.165) is 16.4 Å². The molecule has 0 fully saturated rings. The summed E-state index contributed by atoms with van der Waals surface area (Å²) in [6.45, 7) is 6.53. The van der Waals surface area contributed by atoms with Crippen molar-refractivity contribution in [1.82, 2.24) is 14.8 Å². The molecule has 0 spiro atoms. The zero-order valence-corrected chi connectivity index (χ0v) is 11.0. The minimum absolute atomic E-state index is 0.0850. The third-order valence-corrected chi connectivity index (χ3v) is 3.43. The summed E-state index contributed by atoms with van der Waals surface area (Å²) in [4.78, 5) is 16.4. The van der Waals surface area contributed by atoms with Gasteiger partial charge in [-0.2, -0.15) is 5.10 Å². The molecule has 2 heterocycles. The van der Waals surface area contributed by atoms with Crippen LogP contribution in [0.3, 0.4) is 0 Å². The van der Waals surface area contributed by atoms with Crippen molar-refractivity contribution in [2.75, 3.05) is 0 Å². The number of nitrogens with zero attached hydrogens (tertiary/aromatic N) is 3. The SMILES string of the molecule is CCn1nc(C)cc1C(=O)Cc1nc(C)cs1. The second kappa shape index (κ2) is 4.79. The number of aromatic nitrogens is 3. The Hall–Kier alpha value is -1.49. The molecule has 0 unspecified atom stereocenters. The molecule has 0 atom stereocenters. The van der Waals surface area contributed by atoms with Crippen LogP contribution in [0.25, 0.3) is 0 Å². The Morgan fingerprint density at radius 1 is 1.41 bits per heavy atom. The number of hydrogen-bond donors (Lipinski definition) is 0. The first-order valence-electron chi connectivity index (χ1n) is 5.58. The number of hydrogen-bond acceptors (Lipinski definition) is 4. The summed E-state index contributed by atoms with van der Waals surface area (Å²) < 4.78 is 1.75. The van der Waals surface area contributed by atoms with Gasteiger partial charge in [0.05, 0.1) is 12.1 Å². The fraction of sp³-hybridized carbons (Fsp3) is 0.417. The number of carbonyl (C=O) groups is 1. The molecule has 17 heavy (non-hydrogen) atoms. The van der Waals surface area contributed by atoms with Gasteiger partial charge in [0.15, 0.2) is 5.78 Å². The highest BCUT2D eigenvalue weighted by Crippen LogP contribution is 2.13. The average Bonchev–Trinajstić information content (AvgIpc) is 2.84. The molecule has 5 heteroatoms. The number of rotatable bonds is 4. The van der Waals surface area contributed by atoms with E-state index in [0.29, 0.717) is 18.7 Å². The van der Waals surface area contributed by atoms with Crippen LogP contribution in [-0.4, -0.2) is 20.5 Å². The number of thiazole rings is 1. The topological polar surface area (TPSA) is 47.8 Å². The van der Waals surface area contributed by atoms with Crippen molar-refractivity contribution in [1.29, 1.82) is 0 Å². The van der Waals surface area contributed by atoms with E-state index in [-0.39, 0.29) is 5.78 Å². The van der Waals surface area contributed by atoms with Gasteiger partial charge in [0, 0.05) is 17.6 Å². The van der Waals surface area contributed by atoms with E-state index in [9.17, 15) is 4.79 Å². The molecule has 0 aliphatic heterocycles. The predicted octanol–water partition coefficient (Wildman–Crippen LogP) is 2.40. The second-order valence-corrected chi connectivity index (χ2v) is 4.91. The maximum Gasteiger partial charge on any atom is 0.187 e. The number of Topliss-reactive ketones (excluding diaryl/α,β-unsaturated/α-hetero) is 1. The van der Waals surface area contributed by atoms with Gasteiger partial charge in [-0.05, 0) is 26.8 Å². The number of aryl methyl sites for hydroxylation is 3. The van der Waals surface area contributed by atoms with E-state index in [4.69, 9.17) is 0 Å². The summed E-state index contributed by atoms with van der Waals surface area (Å²) in [5.74, 6) is 0.0850. The largest absolute Gasteiger partial charge is 0.292 e. The van der Waals surface area contributed by atoms with E-state index in [2.05, 4.69) is 10.1 Å². The molecule has 0 saturated heterocycles. The molecule has 0 bridgehead atoms. The Labute approximate surface area is 104 Å². The molecule has 4 nitrogen and oxygen atoms in total. The smallest absolute Gasteiger partial charge is 0.187 e. The Morgan fingerprint density at radius 2 is 2.18 bits per heavy atom. The quantitative estimate of drug-likeness (QED) is 0.782. The molecular weight excluding hydrogens is 234 g/mol. The lowest BCUT2D eigenvalue weighted by Crippen LogP contribution is -2.11. The van der Waals surface area contributed by atoms with Crippen LogP contribution in [0.15, 0.2) is 11.4 Å². The summed E-state index contributed by atoms with van der Waals surface area (Å²) in [7, 11) is 0. The van der Waals surface area contributed by atoms with E-state index in [1.807, 2.05) is 32.2 Å². The van der Waals surface area contributed by atoms with Crippen molar-refractivity contribution < 1.29 is 4.79 Å². The number of ketones is 1. The maximum absolute atomic E-state index is 12.1. The van der Waals surface area contributed by atoms with E-state index in [1.54, 1.807) is 4.68 Å². The predicted molar refractivity (Wildman–Crippen MR) is 67.5 cm³/mol. The molecule has 0 amide bonds. The molecule has 2 aromatic heterocycles. The van der Waals surface area contributed by atoms with Gasteiger partial charge in [0.2, 0.25) is 0 Å². The fourth-order valence-corrected chi connectivity index (χ4v) is 2.49. The van der Waals surface area contributed by atoms with Gasteiger partial charge in [-0.15, -0.1) is 11.3 Å². The lowest BCUT2D eigenvalue weighted by atomic mass is 10.2. The lowest BCUT2D eigenvalue weighted by Gasteiger charge is -2.01. The van der Waals surface area contributed by atoms with Gasteiger partial charge in [0.1, 0.15) is 10.7 Å². The van der Waals surface area contributed by atoms with E-state index >= 15 is 0 Å². The van der Waals surface area contributed by atoms with Crippen molar-refractivity contribution >= 4 is 17.1 Å². The van der Waals surface area contributed by atoms with Crippen molar-refractivity contribution in [3.05, 3.63) is 33.5 Å². The van der Waals surface area contributed by atoms with Crippen LogP contribution in [0, 0.1) is 13.8 Å². The third kappa shape index (κ3) is 2.61. The van der Waals surface area contributed by atoms with Crippen LogP contribution in [0.2, 0.25) is 0 Å². The molecule has 0 aliphatic rings. The zero-order chi connectivity index (χ0) is 12.4. The standard InChI is InChI=1S/C12H15N3OS/c1-4-15-10(5-8(2)14-15)11(16)6-12-13-9(3)7-17-12/h5,7H,4,6H2,1-3H3. The third-order valence-electron chi connectivity index (χ3n) is 2.47. The zero-order valence-electron chi connectivity index (χ0n) is 10.2. The first-order chi connectivity index (χ1) is 8.10. The molecule has 0 aliphatic carbocycles. The van der Waals surface area contributed by atoms with Crippen LogP contribution in [0.5, 0.6) is 0 Å². The Morgan fingerprint density at radius 3 is 2.76 bits per heavy atom. The van der Waals surface area contributed by atoms with Crippen LogP contribution in [0.4, 0.5) is 0 Å². The van der Waals surface area contributed by atoms with Gasteiger partial charge in [-0.25, -0.2) is 4.98 Å². The molecule has 0 aromatic carbocycles. The summed E-state index contributed by atoms with van der Waals surface area (Å²) >= 11 is 1.53. The highest BCUT2D eigenvalue weighted by molar-refractivity contribution is 7.09. The van der Waals surface area contributed by atoms with Crippen LogP contribution in [0.1, 0.15) is 33.8 Å². The van der Waals surface area contributed by atoms with Gasteiger partial charge in [-0.3, -0.25) is 9.48 Å². The van der Waals surface area contributed by atoms with Gasteiger partial charge < -0.3 is 0 Å². The van der Waals surface area contributed by atoms with E-state index < -0.39 is 0 Å². The van der Waals surface area contributed by atoms with Crippen LogP contribution >= 0.6 is 11.3 Å². The summed E-state index contributed by atoms with van der Waals surface area (Å²) in [5.41, 5.74) is 2.53. The summed E-state index contributed by atoms with van der Waals surface area (Å²) in [6.07, 6.45) is 0.365. The Bertz CT molecular complexity index is 542. The number of carbonyl (C=O) groups excluding carboxylic acids is 1. The van der Waals surface area contributed by atoms with Gasteiger partial charge >= 0.3 is 0 Å². The molecule has 0 saturated carbocycles. The van der Waals surface area contributed by atoms with Crippen molar-refractivity contribution in [3.63, 3.8) is 0 Å². The molecule has 0 N–H and O–H groups in total. The van der Waals surface area contributed by atoms with Crippen molar-refractivity contribution in [3.8, 4) is 0 Å². The summed E-state index contributed by atoms with van der Waals surface area (Å²) in [5, 5.41) is 7.11. The summed E-state index contributed by atoms with van der Waals surface area (Å²) in [6, 6.07) is 1.84. The van der Waals surface area contributed by atoms with E-state index in [1.165, 1.54) is 11.3 Å². The maximum atomic E-state index is 12.1. The van der Waals surface area contributed by atoms with Gasteiger partial charge in [0.25, 0.3) is 0 Å². The first kappa shape index (κ1) is 12.0. The minimum atomic E-state index is 0.0850.